The van der Waals surface area contributed by atoms with E-state index in [-0.39, 0.29) is 19.5 Å². The fourth-order valence-corrected chi connectivity index (χ4v) is 1.14. The Balaban J connectivity index is 3.29. The van der Waals surface area contributed by atoms with Gasteiger partial charge in [0.1, 0.15) is 0 Å². The van der Waals surface area contributed by atoms with Crippen molar-refractivity contribution < 1.29 is 19.7 Å². The van der Waals surface area contributed by atoms with Gasteiger partial charge in [0.25, 0.3) is 0 Å². The first-order chi connectivity index (χ1) is 7.35. The minimum absolute atomic E-state index is 0.137. The summed E-state index contributed by atoms with van der Waals surface area (Å²) in [6, 6.07) is 0. The quantitative estimate of drug-likeness (QED) is 0.407. The van der Waals surface area contributed by atoms with E-state index in [1.54, 1.807) is 0 Å². The molecule has 0 spiro atoms. The molecule has 0 heterocycles. The van der Waals surface area contributed by atoms with Crippen LogP contribution in [0, 0.1) is 0 Å². The van der Waals surface area contributed by atoms with Crippen molar-refractivity contribution in [1.29, 1.82) is 0 Å². The monoisotopic (exact) mass is 220 g/mol. The summed E-state index contributed by atoms with van der Waals surface area (Å²) < 4.78 is 11.0. The highest BCUT2D eigenvalue weighted by molar-refractivity contribution is 4.44. The third-order valence-corrected chi connectivity index (χ3v) is 2.05. The molecule has 2 N–H and O–H groups in total. The molecule has 0 unspecified atom stereocenters. The molecule has 0 atom stereocenters. The van der Waals surface area contributed by atoms with Crippen molar-refractivity contribution in [2.45, 2.75) is 45.3 Å². The molecule has 4 nitrogen and oxygen atoms in total. The Labute approximate surface area is 92.2 Å². The van der Waals surface area contributed by atoms with Gasteiger partial charge in [-0.1, -0.05) is 6.92 Å². The Kier molecular flexibility index (Phi) is 11.8. The Bertz CT molecular complexity index is 107. The molecular formula is C11H24O4. The number of aliphatic hydroxyl groups excluding tert-OH is 2. The van der Waals surface area contributed by atoms with Crippen molar-refractivity contribution in [3.05, 3.63) is 0 Å². The summed E-state index contributed by atoms with van der Waals surface area (Å²) in [5.41, 5.74) is 0. The van der Waals surface area contributed by atoms with Gasteiger partial charge in [-0.15, -0.1) is 0 Å². The molecule has 15 heavy (non-hydrogen) atoms. The molecule has 0 amide bonds. The first-order valence-electron chi connectivity index (χ1n) is 5.80. The topological polar surface area (TPSA) is 58.9 Å². The molecule has 0 aromatic carbocycles. The fourth-order valence-electron chi connectivity index (χ4n) is 1.14. The largest absolute Gasteiger partial charge is 0.396 e. The van der Waals surface area contributed by atoms with Crippen LogP contribution in [0.25, 0.3) is 0 Å². The molecule has 0 saturated carbocycles. The van der Waals surface area contributed by atoms with Gasteiger partial charge in [0, 0.05) is 26.4 Å². The highest BCUT2D eigenvalue weighted by Crippen LogP contribution is 2.03. The van der Waals surface area contributed by atoms with Crippen LogP contribution in [-0.2, 0) is 9.47 Å². The van der Waals surface area contributed by atoms with E-state index in [1.807, 2.05) is 6.92 Å². The number of aliphatic hydroxyl groups is 2. The lowest BCUT2D eigenvalue weighted by Gasteiger charge is -2.16. The van der Waals surface area contributed by atoms with Gasteiger partial charge in [-0.25, -0.2) is 0 Å². The average molecular weight is 220 g/mol. The number of hydrogen-bond donors (Lipinski definition) is 2. The zero-order valence-electron chi connectivity index (χ0n) is 9.65. The smallest absolute Gasteiger partial charge is 0.157 e. The van der Waals surface area contributed by atoms with E-state index in [0.717, 1.165) is 32.1 Å². The van der Waals surface area contributed by atoms with Crippen LogP contribution < -0.4 is 0 Å². The molecule has 0 fully saturated rings. The van der Waals surface area contributed by atoms with Gasteiger partial charge in [0.2, 0.25) is 0 Å². The van der Waals surface area contributed by atoms with Crippen LogP contribution in [0.2, 0.25) is 0 Å². The summed E-state index contributed by atoms with van der Waals surface area (Å²) in [6.45, 7) is 3.73. The van der Waals surface area contributed by atoms with E-state index < -0.39 is 0 Å². The molecule has 0 aromatic rings. The van der Waals surface area contributed by atoms with Crippen molar-refractivity contribution in [2.75, 3.05) is 26.4 Å². The minimum atomic E-state index is -0.137. The molecule has 0 radical (unpaired) electrons. The van der Waals surface area contributed by atoms with Crippen LogP contribution in [0.1, 0.15) is 39.0 Å². The van der Waals surface area contributed by atoms with Gasteiger partial charge in [0.05, 0.1) is 0 Å². The first-order valence-corrected chi connectivity index (χ1v) is 5.80. The summed E-state index contributed by atoms with van der Waals surface area (Å²) >= 11 is 0. The second kappa shape index (κ2) is 11.9. The van der Waals surface area contributed by atoms with Gasteiger partial charge in [0.15, 0.2) is 6.29 Å². The third kappa shape index (κ3) is 10.1. The SMILES string of the molecule is CCC(OCCCCO)OCCCCO. The summed E-state index contributed by atoms with van der Waals surface area (Å²) in [5.74, 6) is 0. The molecular weight excluding hydrogens is 196 g/mol. The summed E-state index contributed by atoms with van der Waals surface area (Å²) in [5, 5.41) is 17.2. The maximum Gasteiger partial charge on any atom is 0.157 e. The van der Waals surface area contributed by atoms with Crippen LogP contribution >= 0.6 is 0 Å². The lowest BCUT2D eigenvalue weighted by Crippen LogP contribution is -2.18. The normalized spacial score (nSPS) is 11.2. The van der Waals surface area contributed by atoms with Crippen LogP contribution in [0.15, 0.2) is 0 Å². The first kappa shape index (κ1) is 14.8. The Hall–Kier alpha value is -0.160. The van der Waals surface area contributed by atoms with Crippen molar-refractivity contribution in [2.24, 2.45) is 0 Å². The van der Waals surface area contributed by atoms with Crippen molar-refractivity contribution >= 4 is 0 Å². The predicted molar refractivity (Wildman–Crippen MR) is 58.6 cm³/mol. The van der Waals surface area contributed by atoms with E-state index in [2.05, 4.69) is 0 Å². The Morgan fingerprint density at radius 3 is 1.67 bits per heavy atom. The van der Waals surface area contributed by atoms with Gasteiger partial charge in [-0.3, -0.25) is 0 Å². The number of ether oxygens (including phenoxy) is 2. The Morgan fingerprint density at radius 2 is 1.33 bits per heavy atom. The van der Waals surface area contributed by atoms with E-state index in [1.165, 1.54) is 0 Å². The zero-order chi connectivity index (χ0) is 11.4. The molecule has 0 rings (SSSR count). The fraction of sp³-hybridized carbons (Fsp3) is 1.00. The predicted octanol–water partition coefficient (Wildman–Crippen LogP) is 1.30. The van der Waals surface area contributed by atoms with E-state index in [4.69, 9.17) is 19.7 Å². The van der Waals surface area contributed by atoms with Gasteiger partial charge >= 0.3 is 0 Å². The molecule has 0 aliphatic heterocycles. The molecule has 4 heteroatoms. The summed E-state index contributed by atoms with van der Waals surface area (Å²) in [6.07, 6.45) is 3.99. The van der Waals surface area contributed by atoms with E-state index in [9.17, 15) is 0 Å². The van der Waals surface area contributed by atoms with Crippen LogP contribution in [0.4, 0.5) is 0 Å². The molecule has 0 aliphatic rings. The highest BCUT2D eigenvalue weighted by atomic mass is 16.7. The van der Waals surface area contributed by atoms with Crippen LogP contribution in [0.5, 0.6) is 0 Å². The van der Waals surface area contributed by atoms with Crippen molar-refractivity contribution in [3.8, 4) is 0 Å². The van der Waals surface area contributed by atoms with E-state index >= 15 is 0 Å². The number of rotatable bonds is 11. The minimum Gasteiger partial charge on any atom is -0.396 e. The van der Waals surface area contributed by atoms with E-state index in [0.29, 0.717) is 13.2 Å². The van der Waals surface area contributed by atoms with Gasteiger partial charge in [-0.2, -0.15) is 0 Å². The lowest BCUT2D eigenvalue weighted by molar-refractivity contribution is -0.145. The highest BCUT2D eigenvalue weighted by Gasteiger charge is 2.05. The molecule has 0 saturated heterocycles. The second-order valence-electron chi connectivity index (χ2n) is 3.44. The van der Waals surface area contributed by atoms with Crippen LogP contribution in [0.3, 0.4) is 0 Å². The van der Waals surface area contributed by atoms with Gasteiger partial charge in [-0.05, 0) is 32.1 Å². The maximum absolute atomic E-state index is 8.58. The standard InChI is InChI=1S/C11H24O4/c1-2-11(14-9-5-3-7-12)15-10-6-4-8-13/h11-13H,2-10H2,1H3. The zero-order valence-corrected chi connectivity index (χ0v) is 9.65. The molecule has 0 bridgehead atoms. The molecule has 0 aliphatic carbocycles. The average Bonchev–Trinajstić information content (AvgIpc) is 2.27. The third-order valence-electron chi connectivity index (χ3n) is 2.05. The van der Waals surface area contributed by atoms with Crippen molar-refractivity contribution in [3.63, 3.8) is 0 Å². The summed E-state index contributed by atoms with van der Waals surface area (Å²) in [4.78, 5) is 0. The second-order valence-corrected chi connectivity index (χ2v) is 3.44. The Morgan fingerprint density at radius 1 is 0.867 bits per heavy atom. The van der Waals surface area contributed by atoms with Gasteiger partial charge < -0.3 is 19.7 Å². The van der Waals surface area contributed by atoms with Crippen LogP contribution in [-0.4, -0.2) is 42.9 Å². The van der Waals surface area contributed by atoms with Crippen molar-refractivity contribution in [1.82, 2.24) is 0 Å². The summed E-state index contributed by atoms with van der Waals surface area (Å²) in [7, 11) is 0. The molecule has 0 aromatic heterocycles. The lowest BCUT2D eigenvalue weighted by atomic mass is 10.3. The maximum atomic E-state index is 8.58. The number of unbranched alkanes of at least 4 members (excludes halogenated alkanes) is 2. The number of hydrogen-bond acceptors (Lipinski definition) is 4. The molecule has 92 valence electrons.